The number of nitrogens with one attached hydrogen (secondary N) is 1. The van der Waals surface area contributed by atoms with Gasteiger partial charge in [-0.25, -0.2) is 8.42 Å². The largest absolute Gasteiger partial charge is 0.350 e. The van der Waals surface area contributed by atoms with Crippen molar-refractivity contribution >= 4 is 21.6 Å². The molecule has 1 amide bonds. The zero-order valence-electron chi connectivity index (χ0n) is 15.7. The molecule has 1 atom stereocenters. The normalized spacial score (nSPS) is 12.5. The van der Waals surface area contributed by atoms with Crippen LogP contribution in [0.2, 0.25) is 0 Å². The number of carbonyl (C=O) groups excluding carboxylic acids is 1. The van der Waals surface area contributed by atoms with Crippen LogP contribution in [0.5, 0.6) is 0 Å². The molecule has 140 valence electrons. The Morgan fingerprint density at radius 3 is 2.27 bits per heavy atom. The SMILES string of the molecule is CC[C@@H](C)NC(=O)c1ccc(N(Cc2ccccc2C)S(C)(=O)=O)cc1. The summed E-state index contributed by atoms with van der Waals surface area (Å²) in [4.78, 5) is 12.2. The van der Waals surface area contributed by atoms with E-state index in [1.54, 1.807) is 24.3 Å². The summed E-state index contributed by atoms with van der Waals surface area (Å²) in [6, 6.07) is 14.4. The fourth-order valence-corrected chi connectivity index (χ4v) is 3.41. The number of hydrogen-bond acceptors (Lipinski definition) is 3. The van der Waals surface area contributed by atoms with Crippen LogP contribution in [0.4, 0.5) is 5.69 Å². The highest BCUT2D eigenvalue weighted by Crippen LogP contribution is 2.22. The molecule has 0 aliphatic rings. The van der Waals surface area contributed by atoms with Crippen molar-refractivity contribution in [2.45, 2.75) is 39.8 Å². The van der Waals surface area contributed by atoms with E-state index in [9.17, 15) is 13.2 Å². The molecule has 1 N–H and O–H groups in total. The Morgan fingerprint density at radius 1 is 1.12 bits per heavy atom. The highest BCUT2D eigenvalue weighted by atomic mass is 32.2. The smallest absolute Gasteiger partial charge is 0.251 e. The molecule has 0 aliphatic heterocycles. The maximum atomic E-state index is 12.3. The van der Waals surface area contributed by atoms with Crippen molar-refractivity contribution in [1.82, 2.24) is 5.32 Å². The summed E-state index contributed by atoms with van der Waals surface area (Å²) in [5.74, 6) is -0.157. The fourth-order valence-electron chi connectivity index (χ4n) is 2.53. The maximum Gasteiger partial charge on any atom is 0.251 e. The predicted octanol–water partition coefficient (Wildman–Crippen LogP) is 3.49. The number of anilines is 1. The molecule has 5 nitrogen and oxygen atoms in total. The average Bonchev–Trinajstić information content (AvgIpc) is 2.60. The maximum absolute atomic E-state index is 12.3. The molecule has 0 saturated carbocycles. The number of hydrogen-bond donors (Lipinski definition) is 1. The Bertz CT molecular complexity index is 861. The summed E-state index contributed by atoms with van der Waals surface area (Å²) in [7, 11) is -3.46. The van der Waals surface area contributed by atoms with Crippen molar-refractivity contribution in [3.05, 3.63) is 65.2 Å². The van der Waals surface area contributed by atoms with Crippen LogP contribution in [-0.4, -0.2) is 26.6 Å². The lowest BCUT2D eigenvalue weighted by Crippen LogP contribution is -2.32. The van der Waals surface area contributed by atoms with E-state index in [4.69, 9.17) is 0 Å². The first-order valence-corrected chi connectivity index (χ1v) is 10.5. The van der Waals surface area contributed by atoms with Gasteiger partial charge >= 0.3 is 0 Å². The standard InChI is InChI=1S/C20H26N2O3S/c1-5-16(3)21-20(23)17-10-12-19(13-11-17)22(26(4,24)25)14-18-9-7-6-8-15(18)2/h6-13,16H,5,14H2,1-4H3,(H,21,23)/t16-/m1/s1. The lowest BCUT2D eigenvalue weighted by Gasteiger charge is -2.23. The third kappa shape index (κ3) is 5.08. The van der Waals surface area contributed by atoms with Gasteiger partial charge in [0.25, 0.3) is 5.91 Å². The third-order valence-corrected chi connectivity index (χ3v) is 5.52. The summed E-state index contributed by atoms with van der Waals surface area (Å²) >= 11 is 0. The number of benzene rings is 2. The molecule has 0 fully saturated rings. The monoisotopic (exact) mass is 374 g/mol. The van der Waals surface area contributed by atoms with Gasteiger partial charge in [-0.2, -0.15) is 0 Å². The quantitative estimate of drug-likeness (QED) is 0.807. The molecule has 6 heteroatoms. The van der Waals surface area contributed by atoms with Crippen molar-refractivity contribution in [3.63, 3.8) is 0 Å². The minimum atomic E-state index is -3.46. The fraction of sp³-hybridized carbons (Fsp3) is 0.350. The molecule has 0 radical (unpaired) electrons. The van der Waals surface area contributed by atoms with E-state index in [1.165, 1.54) is 10.6 Å². The van der Waals surface area contributed by atoms with Crippen LogP contribution in [0.3, 0.4) is 0 Å². The van der Waals surface area contributed by atoms with Crippen LogP contribution in [0.1, 0.15) is 41.8 Å². The molecule has 0 aliphatic carbocycles. The first-order valence-electron chi connectivity index (χ1n) is 8.65. The van der Waals surface area contributed by atoms with Crippen molar-refractivity contribution in [1.29, 1.82) is 0 Å². The average molecular weight is 375 g/mol. The third-order valence-electron chi connectivity index (χ3n) is 4.38. The number of amides is 1. The van der Waals surface area contributed by atoms with Gasteiger partial charge < -0.3 is 5.32 Å². The molecular weight excluding hydrogens is 348 g/mol. The van der Waals surface area contributed by atoms with E-state index in [1.807, 2.05) is 45.0 Å². The van der Waals surface area contributed by atoms with Gasteiger partial charge in [-0.3, -0.25) is 9.10 Å². The topological polar surface area (TPSA) is 66.5 Å². The zero-order valence-corrected chi connectivity index (χ0v) is 16.5. The molecule has 2 aromatic carbocycles. The highest BCUT2D eigenvalue weighted by molar-refractivity contribution is 7.92. The van der Waals surface area contributed by atoms with Crippen molar-refractivity contribution < 1.29 is 13.2 Å². The van der Waals surface area contributed by atoms with Crippen LogP contribution < -0.4 is 9.62 Å². The van der Waals surface area contributed by atoms with Gasteiger partial charge in [0.1, 0.15) is 0 Å². The van der Waals surface area contributed by atoms with E-state index >= 15 is 0 Å². The number of aryl methyl sites for hydroxylation is 1. The predicted molar refractivity (Wildman–Crippen MR) is 106 cm³/mol. The van der Waals surface area contributed by atoms with Gasteiger partial charge in [-0.05, 0) is 55.7 Å². The van der Waals surface area contributed by atoms with E-state index in [0.717, 1.165) is 17.5 Å². The van der Waals surface area contributed by atoms with Crippen LogP contribution in [0.25, 0.3) is 0 Å². The van der Waals surface area contributed by atoms with E-state index in [0.29, 0.717) is 11.3 Å². The van der Waals surface area contributed by atoms with Crippen LogP contribution in [0.15, 0.2) is 48.5 Å². The minimum absolute atomic E-state index is 0.0933. The van der Waals surface area contributed by atoms with Gasteiger partial charge in [-0.15, -0.1) is 0 Å². The van der Waals surface area contributed by atoms with Crippen molar-refractivity contribution in [2.24, 2.45) is 0 Å². The molecule has 0 bridgehead atoms. The highest BCUT2D eigenvalue weighted by Gasteiger charge is 2.19. The number of nitrogens with zero attached hydrogens (tertiary/aromatic N) is 1. The van der Waals surface area contributed by atoms with Gasteiger partial charge in [-0.1, -0.05) is 31.2 Å². The second-order valence-electron chi connectivity index (χ2n) is 6.53. The molecule has 0 saturated heterocycles. The van der Waals surface area contributed by atoms with E-state index < -0.39 is 10.0 Å². The van der Waals surface area contributed by atoms with Crippen molar-refractivity contribution in [3.8, 4) is 0 Å². The van der Waals surface area contributed by atoms with E-state index in [2.05, 4.69) is 5.32 Å². The number of rotatable bonds is 7. The molecule has 0 unspecified atom stereocenters. The summed E-state index contributed by atoms with van der Waals surface area (Å²) < 4.78 is 25.9. The molecule has 0 aromatic heterocycles. The molecular formula is C20H26N2O3S. The Hall–Kier alpha value is -2.34. The molecule has 0 spiro atoms. The Kier molecular flexibility index (Phi) is 6.42. The van der Waals surface area contributed by atoms with Gasteiger partial charge in [0.15, 0.2) is 0 Å². The lowest BCUT2D eigenvalue weighted by atomic mass is 10.1. The second-order valence-corrected chi connectivity index (χ2v) is 8.43. The molecule has 26 heavy (non-hydrogen) atoms. The first kappa shape index (κ1) is 20.0. The summed E-state index contributed by atoms with van der Waals surface area (Å²) in [6.07, 6.45) is 2.04. The second kappa shape index (κ2) is 8.36. The summed E-state index contributed by atoms with van der Waals surface area (Å²) in [5.41, 5.74) is 3.02. The van der Waals surface area contributed by atoms with Crippen LogP contribution in [-0.2, 0) is 16.6 Å². The molecule has 2 aromatic rings. The minimum Gasteiger partial charge on any atom is -0.350 e. The number of carbonyl (C=O) groups is 1. The summed E-state index contributed by atoms with van der Waals surface area (Å²) in [5, 5.41) is 2.90. The Balaban J connectivity index is 2.27. The van der Waals surface area contributed by atoms with Crippen LogP contribution >= 0.6 is 0 Å². The number of sulfonamides is 1. The van der Waals surface area contributed by atoms with Crippen LogP contribution in [0, 0.1) is 6.92 Å². The van der Waals surface area contributed by atoms with Gasteiger partial charge in [0.2, 0.25) is 10.0 Å². The Morgan fingerprint density at radius 2 is 1.73 bits per heavy atom. The lowest BCUT2D eigenvalue weighted by molar-refractivity contribution is 0.0939. The zero-order chi connectivity index (χ0) is 19.3. The van der Waals surface area contributed by atoms with Crippen molar-refractivity contribution in [2.75, 3.05) is 10.6 Å². The molecule has 2 rings (SSSR count). The molecule has 0 heterocycles. The summed E-state index contributed by atoms with van der Waals surface area (Å²) in [6.45, 7) is 6.16. The Labute approximate surface area is 156 Å². The first-order chi connectivity index (χ1) is 12.2. The van der Waals surface area contributed by atoms with E-state index in [-0.39, 0.29) is 18.5 Å². The van der Waals surface area contributed by atoms with Gasteiger partial charge in [0, 0.05) is 11.6 Å². The van der Waals surface area contributed by atoms with Gasteiger partial charge in [0.05, 0.1) is 18.5 Å².